The Morgan fingerprint density at radius 3 is 2.67 bits per heavy atom. The highest BCUT2D eigenvalue weighted by Crippen LogP contribution is 2.14. The summed E-state index contributed by atoms with van der Waals surface area (Å²) in [6.45, 7) is 6.71. The van der Waals surface area contributed by atoms with Crippen LogP contribution in [0.5, 0.6) is 0 Å². The Kier molecular flexibility index (Phi) is 7.82. The maximum absolute atomic E-state index is 8.88. The number of thiazole rings is 1. The van der Waals surface area contributed by atoms with Gasteiger partial charge in [0.1, 0.15) is 0 Å². The maximum Gasteiger partial charge on any atom is 0.0929 e. The standard InChI is InChI=1S/C13H23ClN2OS/c1-11(2)16(7-4-8-17)6-3-5-13-15-12(9-14)10-18-13/h10-11,17H,3-9H2,1-2H3. The van der Waals surface area contributed by atoms with E-state index in [0.717, 1.165) is 38.0 Å². The van der Waals surface area contributed by atoms with Crippen LogP contribution in [-0.4, -0.2) is 40.7 Å². The van der Waals surface area contributed by atoms with Gasteiger partial charge in [0.2, 0.25) is 0 Å². The molecule has 0 atom stereocenters. The van der Waals surface area contributed by atoms with E-state index < -0.39 is 0 Å². The molecule has 0 unspecified atom stereocenters. The zero-order valence-electron chi connectivity index (χ0n) is 11.2. The van der Waals surface area contributed by atoms with Crippen molar-refractivity contribution < 1.29 is 5.11 Å². The van der Waals surface area contributed by atoms with E-state index in [2.05, 4.69) is 23.7 Å². The molecular formula is C13H23ClN2OS. The lowest BCUT2D eigenvalue weighted by Crippen LogP contribution is -2.33. The normalized spacial score (nSPS) is 11.7. The van der Waals surface area contributed by atoms with E-state index in [9.17, 15) is 0 Å². The zero-order valence-corrected chi connectivity index (χ0v) is 12.8. The Morgan fingerprint density at radius 1 is 1.39 bits per heavy atom. The van der Waals surface area contributed by atoms with E-state index >= 15 is 0 Å². The van der Waals surface area contributed by atoms with Crippen LogP contribution in [0, 0.1) is 0 Å². The summed E-state index contributed by atoms with van der Waals surface area (Å²) in [5.74, 6) is 0.505. The van der Waals surface area contributed by atoms with Crippen molar-refractivity contribution in [3.8, 4) is 0 Å². The Morgan fingerprint density at radius 2 is 2.11 bits per heavy atom. The first-order valence-electron chi connectivity index (χ1n) is 6.51. The Hall–Kier alpha value is -0.160. The van der Waals surface area contributed by atoms with E-state index in [0.29, 0.717) is 11.9 Å². The Bertz CT molecular complexity index is 331. The molecule has 0 saturated carbocycles. The van der Waals surface area contributed by atoms with Gasteiger partial charge in [-0.1, -0.05) is 0 Å². The quantitative estimate of drug-likeness (QED) is 0.711. The number of aliphatic hydroxyl groups excluding tert-OH is 1. The number of hydrogen-bond donors (Lipinski definition) is 1. The molecule has 0 amide bonds. The molecule has 0 aromatic carbocycles. The van der Waals surface area contributed by atoms with E-state index in [4.69, 9.17) is 16.7 Å². The molecule has 0 fully saturated rings. The number of aryl methyl sites for hydroxylation is 1. The first-order valence-corrected chi connectivity index (χ1v) is 7.93. The molecule has 1 rings (SSSR count). The second-order valence-corrected chi connectivity index (χ2v) is 5.89. The number of halogens is 1. The molecule has 0 aliphatic rings. The number of aliphatic hydroxyl groups is 1. The molecule has 5 heteroatoms. The van der Waals surface area contributed by atoms with Gasteiger partial charge in [0.25, 0.3) is 0 Å². The van der Waals surface area contributed by atoms with E-state index in [1.165, 1.54) is 5.01 Å². The summed E-state index contributed by atoms with van der Waals surface area (Å²) in [5.41, 5.74) is 0.984. The van der Waals surface area contributed by atoms with Crippen LogP contribution < -0.4 is 0 Å². The van der Waals surface area contributed by atoms with Crippen molar-refractivity contribution in [2.24, 2.45) is 0 Å². The van der Waals surface area contributed by atoms with Crippen LogP contribution in [0.15, 0.2) is 5.38 Å². The van der Waals surface area contributed by atoms with Crippen molar-refractivity contribution >= 4 is 22.9 Å². The van der Waals surface area contributed by atoms with Gasteiger partial charge in [0.15, 0.2) is 0 Å². The number of rotatable bonds is 9. The van der Waals surface area contributed by atoms with Crippen LogP contribution in [0.1, 0.15) is 37.4 Å². The molecule has 18 heavy (non-hydrogen) atoms. The second-order valence-electron chi connectivity index (χ2n) is 4.68. The molecule has 1 aromatic rings. The molecule has 0 spiro atoms. The number of hydrogen-bond acceptors (Lipinski definition) is 4. The lowest BCUT2D eigenvalue weighted by atomic mass is 10.2. The fraction of sp³-hybridized carbons (Fsp3) is 0.769. The van der Waals surface area contributed by atoms with Gasteiger partial charge >= 0.3 is 0 Å². The number of aromatic nitrogens is 1. The van der Waals surface area contributed by atoms with Crippen molar-refractivity contribution in [2.45, 2.75) is 45.0 Å². The fourth-order valence-electron chi connectivity index (χ4n) is 1.86. The largest absolute Gasteiger partial charge is 0.396 e. The monoisotopic (exact) mass is 290 g/mol. The van der Waals surface area contributed by atoms with Crippen LogP contribution in [0.3, 0.4) is 0 Å². The molecule has 0 radical (unpaired) electrons. The van der Waals surface area contributed by atoms with Gasteiger partial charge in [-0.25, -0.2) is 4.98 Å². The fourth-order valence-corrected chi connectivity index (χ4v) is 2.93. The van der Waals surface area contributed by atoms with Gasteiger partial charge in [-0.3, -0.25) is 0 Å². The molecule has 1 aromatic heterocycles. The predicted molar refractivity (Wildman–Crippen MR) is 78.4 cm³/mol. The van der Waals surface area contributed by atoms with Crippen molar-refractivity contribution in [1.82, 2.24) is 9.88 Å². The second kappa shape index (κ2) is 8.86. The Labute approximate surface area is 119 Å². The highest BCUT2D eigenvalue weighted by Gasteiger charge is 2.09. The SMILES string of the molecule is CC(C)N(CCCO)CCCc1nc(CCl)cs1. The molecule has 0 aliphatic carbocycles. The van der Waals surface area contributed by atoms with Crippen molar-refractivity contribution in [3.05, 3.63) is 16.1 Å². The first-order chi connectivity index (χ1) is 8.67. The minimum atomic E-state index is 0.273. The highest BCUT2D eigenvalue weighted by molar-refractivity contribution is 7.09. The van der Waals surface area contributed by atoms with E-state index in [1.807, 2.05) is 5.38 Å². The van der Waals surface area contributed by atoms with Crippen molar-refractivity contribution in [3.63, 3.8) is 0 Å². The average Bonchev–Trinajstić information content (AvgIpc) is 2.81. The maximum atomic E-state index is 8.88. The molecule has 0 saturated heterocycles. The summed E-state index contributed by atoms with van der Waals surface area (Å²) >= 11 is 7.43. The van der Waals surface area contributed by atoms with Gasteiger partial charge in [-0.15, -0.1) is 22.9 Å². The smallest absolute Gasteiger partial charge is 0.0929 e. The molecule has 104 valence electrons. The summed E-state index contributed by atoms with van der Waals surface area (Å²) in [6.07, 6.45) is 2.98. The minimum Gasteiger partial charge on any atom is -0.396 e. The molecular weight excluding hydrogens is 268 g/mol. The number of alkyl halides is 1. The van der Waals surface area contributed by atoms with Gasteiger partial charge < -0.3 is 10.0 Å². The summed E-state index contributed by atoms with van der Waals surface area (Å²) in [4.78, 5) is 6.87. The van der Waals surface area contributed by atoms with Crippen LogP contribution in [0.25, 0.3) is 0 Å². The van der Waals surface area contributed by atoms with Crippen LogP contribution in [0.2, 0.25) is 0 Å². The summed E-state index contributed by atoms with van der Waals surface area (Å²) in [5, 5.41) is 12.1. The van der Waals surface area contributed by atoms with Gasteiger partial charge in [-0.2, -0.15) is 0 Å². The van der Waals surface area contributed by atoms with Crippen LogP contribution in [0.4, 0.5) is 0 Å². The Balaban J connectivity index is 2.29. The van der Waals surface area contributed by atoms with E-state index in [1.54, 1.807) is 11.3 Å². The van der Waals surface area contributed by atoms with Gasteiger partial charge in [0.05, 0.1) is 16.6 Å². The third-order valence-corrected chi connectivity index (χ3v) is 4.14. The van der Waals surface area contributed by atoms with Gasteiger partial charge in [0, 0.05) is 31.0 Å². The molecule has 0 bridgehead atoms. The summed E-state index contributed by atoms with van der Waals surface area (Å²) in [7, 11) is 0. The molecule has 3 nitrogen and oxygen atoms in total. The van der Waals surface area contributed by atoms with Crippen molar-refractivity contribution in [1.29, 1.82) is 0 Å². The average molecular weight is 291 g/mol. The minimum absolute atomic E-state index is 0.273. The predicted octanol–water partition coefficient (Wildman–Crippen LogP) is 2.91. The summed E-state index contributed by atoms with van der Waals surface area (Å²) < 4.78 is 0. The molecule has 1 heterocycles. The summed E-state index contributed by atoms with van der Waals surface area (Å²) in [6, 6.07) is 0.534. The molecule has 1 N–H and O–H groups in total. The van der Waals surface area contributed by atoms with Crippen LogP contribution >= 0.6 is 22.9 Å². The number of nitrogens with zero attached hydrogens (tertiary/aromatic N) is 2. The lowest BCUT2D eigenvalue weighted by Gasteiger charge is -2.25. The van der Waals surface area contributed by atoms with E-state index in [-0.39, 0.29) is 6.61 Å². The highest BCUT2D eigenvalue weighted by atomic mass is 35.5. The zero-order chi connectivity index (χ0) is 13.4. The third kappa shape index (κ3) is 5.65. The van der Waals surface area contributed by atoms with Crippen molar-refractivity contribution in [2.75, 3.05) is 19.7 Å². The first kappa shape index (κ1) is 15.9. The topological polar surface area (TPSA) is 36.4 Å². The van der Waals surface area contributed by atoms with Gasteiger partial charge in [-0.05, 0) is 33.2 Å². The lowest BCUT2D eigenvalue weighted by molar-refractivity contribution is 0.190. The molecule has 0 aliphatic heterocycles. The van der Waals surface area contributed by atoms with Crippen LogP contribution in [-0.2, 0) is 12.3 Å². The third-order valence-electron chi connectivity index (χ3n) is 2.91.